The standard InChI is InChI=1S/C12H16Cl2O2/c13-7-1-9-15-11-3-5-12(6-4-11)16-10-2-8-14/h3-6H,1-2,7-10H2. The number of ether oxygens (including phenoxy) is 2. The molecule has 0 atom stereocenters. The number of rotatable bonds is 8. The van der Waals surface area contributed by atoms with Crippen molar-refractivity contribution in [2.45, 2.75) is 12.8 Å². The molecule has 0 aliphatic heterocycles. The van der Waals surface area contributed by atoms with E-state index < -0.39 is 0 Å². The van der Waals surface area contributed by atoms with E-state index in [0.717, 1.165) is 24.3 Å². The van der Waals surface area contributed by atoms with E-state index in [1.165, 1.54) is 0 Å². The third-order valence-electron chi connectivity index (χ3n) is 1.92. The van der Waals surface area contributed by atoms with E-state index >= 15 is 0 Å². The Kier molecular flexibility index (Phi) is 7.19. The predicted octanol–water partition coefficient (Wildman–Crippen LogP) is 3.70. The minimum absolute atomic E-state index is 0.625. The third kappa shape index (κ3) is 5.47. The number of hydrogen-bond acceptors (Lipinski definition) is 2. The highest BCUT2D eigenvalue weighted by atomic mass is 35.5. The van der Waals surface area contributed by atoms with Crippen LogP contribution in [-0.4, -0.2) is 25.0 Å². The molecule has 1 aromatic rings. The molecule has 1 rings (SSSR count). The second-order valence-electron chi connectivity index (χ2n) is 3.25. The first-order valence-electron chi connectivity index (χ1n) is 5.34. The van der Waals surface area contributed by atoms with Gasteiger partial charge in [-0.05, 0) is 37.1 Å². The van der Waals surface area contributed by atoms with Crippen molar-refractivity contribution < 1.29 is 9.47 Å². The van der Waals surface area contributed by atoms with E-state index in [-0.39, 0.29) is 0 Å². The SMILES string of the molecule is ClCCCOc1ccc(OCCCCl)cc1. The Morgan fingerprint density at radius 2 is 1.12 bits per heavy atom. The lowest BCUT2D eigenvalue weighted by atomic mass is 10.3. The molecule has 0 saturated carbocycles. The van der Waals surface area contributed by atoms with E-state index in [4.69, 9.17) is 32.7 Å². The summed E-state index contributed by atoms with van der Waals surface area (Å²) in [6, 6.07) is 7.57. The number of halogens is 2. The van der Waals surface area contributed by atoms with Gasteiger partial charge in [-0.1, -0.05) is 0 Å². The fraction of sp³-hybridized carbons (Fsp3) is 0.500. The topological polar surface area (TPSA) is 18.5 Å². The van der Waals surface area contributed by atoms with E-state index in [1.807, 2.05) is 24.3 Å². The minimum Gasteiger partial charge on any atom is -0.494 e. The van der Waals surface area contributed by atoms with Gasteiger partial charge < -0.3 is 9.47 Å². The summed E-state index contributed by atoms with van der Waals surface area (Å²) in [6.07, 6.45) is 1.71. The maximum Gasteiger partial charge on any atom is 0.119 e. The van der Waals surface area contributed by atoms with Gasteiger partial charge in [0.05, 0.1) is 13.2 Å². The van der Waals surface area contributed by atoms with Crippen LogP contribution < -0.4 is 9.47 Å². The molecular weight excluding hydrogens is 247 g/mol. The first-order valence-corrected chi connectivity index (χ1v) is 6.41. The van der Waals surface area contributed by atoms with Gasteiger partial charge in [0, 0.05) is 11.8 Å². The molecule has 16 heavy (non-hydrogen) atoms. The van der Waals surface area contributed by atoms with Crippen LogP contribution in [0.1, 0.15) is 12.8 Å². The van der Waals surface area contributed by atoms with Gasteiger partial charge in [-0.2, -0.15) is 0 Å². The van der Waals surface area contributed by atoms with Crippen LogP contribution in [0.25, 0.3) is 0 Å². The average molecular weight is 263 g/mol. The fourth-order valence-corrected chi connectivity index (χ4v) is 1.34. The van der Waals surface area contributed by atoms with Crippen molar-refractivity contribution in [2.75, 3.05) is 25.0 Å². The van der Waals surface area contributed by atoms with E-state index in [1.54, 1.807) is 0 Å². The van der Waals surface area contributed by atoms with Crippen LogP contribution in [0.2, 0.25) is 0 Å². The Labute approximate surface area is 106 Å². The molecule has 0 radical (unpaired) electrons. The van der Waals surface area contributed by atoms with Gasteiger partial charge in [0.2, 0.25) is 0 Å². The summed E-state index contributed by atoms with van der Waals surface area (Å²) in [5.41, 5.74) is 0. The quantitative estimate of drug-likeness (QED) is 0.526. The highest BCUT2D eigenvalue weighted by Gasteiger charge is 1.96. The lowest BCUT2D eigenvalue weighted by Crippen LogP contribution is -1.99. The first kappa shape index (κ1) is 13.5. The van der Waals surface area contributed by atoms with Crippen LogP contribution in [0.3, 0.4) is 0 Å². The molecule has 2 nitrogen and oxygen atoms in total. The Hall–Kier alpha value is -0.600. The lowest BCUT2D eigenvalue weighted by Gasteiger charge is -2.07. The van der Waals surface area contributed by atoms with Crippen molar-refractivity contribution in [1.29, 1.82) is 0 Å². The maximum atomic E-state index is 5.55. The largest absolute Gasteiger partial charge is 0.494 e. The second-order valence-corrected chi connectivity index (χ2v) is 4.01. The highest BCUT2D eigenvalue weighted by Crippen LogP contribution is 2.17. The van der Waals surface area contributed by atoms with Crippen molar-refractivity contribution in [3.8, 4) is 11.5 Å². The van der Waals surface area contributed by atoms with Crippen LogP contribution in [-0.2, 0) is 0 Å². The molecule has 1 aromatic carbocycles. The summed E-state index contributed by atoms with van der Waals surface area (Å²) in [4.78, 5) is 0. The number of alkyl halides is 2. The summed E-state index contributed by atoms with van der Waals surface area (Å²) in [6.45, 7) is 1.30. The zero-order chi connectivity index (χ0) is 11.6. The summed E-state index contributed by atoms with van der Waals surface area (Å²) in [5.74, 6) is 2.93. The number of benzene rings is 1. The lowest BCUT2D eigenvalue weighted by molar-refractivity contribution is 0.309. The molecule has 0 aromatic heterocycles. The summed E-state index contributed by atoms with van der Waals surface area (Å²) >= 11 is 11.1. The molecule has 0 aliphatic rings. The monoisotopic (exact) mass is 262 g/mol. The van der Waals surface area contributed by atoms with Crippen molar-refractivity contribution in [2.24, 2.45) is 0 Å². The number of hydrogen-bond donors (Lipinski definition) is 0. The molecule has 4 heteroatoms. The summed E-state index contributed by atoms with van der Waals surface area (Å²) < 4.78 is 10.9. The Balaban J connectivity index is 2.30. The van der Waals surface area contributed by atoms with Crippen molar-refractivity contribution in [1.82, 2.24) is 0 Å². The fourth-order valence-electron chi connectivity index (χ4n) is 1.12. The smallest absolute Gasteiger partial charge is 0.119 e. The Morgan fingerprint density at radius 3 is 1.44 bits per heavy atom. The van der Waals surface area contributed by atoms with Crippen LogP contribution >= 0.6 is 23.2 Å². The van der Waals surface area contributed by atoms with Gasteiger partial charge in [-0.25, -0.2) is 0 Å². The Bertz CT molecular complexity index is 246. The zero-order valence-electron chi connectivity index (χ0n) is 9.12. The molecule has 0 aliphatic carbocycles. The molecule has 0 heterocycles. The summed E-state index contributed by atoms with van der Waals surface area (Å²) in [7, 11) is 0. The molecule has 0 N–H and O–H groups in total. The average Bonchev–Trinajstić information content (AvgIpc) is 2.32. The molecule has 0 saturated heterocycles. The first-order chi connectivity index (χ1) is 7.86. The molecule has 0 unspecified atom stereocenters. The van der Waals surface area contributed by atoms with Gasteiger partial charge in [0.25, 0.3) is 0 Å². The maximum absolute atomic E-state index is 5.55. The van der Waals surface area contributed by atoms with Crippen LogP contribution in [0.4, 0.5) is 0 Å². The van der Waals surface area contributed by atoms with Gasteiger partial charge in [0.15, 0.2) is 0 Å². The van der Waals surface area contributed by atoms with Crippen molar-refractivity contribution >= 4 is 23.2 Å². The van der Waals surface area contributed by atoms with E-state index in [0.29, 0.717) is 25.0 Å². The molecule has 0 amide bonds. The van der Waals surface area contributed by atoms with E-state index in [2.05, 4.69) is 0 Å². The minimum atomic E-state index is 0.625. The van der Waals surface area contributed by atoms with Crippen LogP contribution in [0.15, 0.2) is 24.3 Å². The summed E-state index contributed by atoms with van der Waals surface area (Å²) in [5, 5.41) is 0. The van der Waals surface area contributed by atoms with Crippen molar-refractivity contribution in [3.63, 3.8) is 0 Å². The second kappa shape index (κ2) is 8.54. The van der Waals surface area contributed by atoms with Gasteiger partial charge in [-0.3, -0.25) is 0 Å². The van der Waals surface area contributed by atoms with Crippen LogP contribution in [0.5, 0.6) is 11.5 Å². The van der Waals surface area contributed by atoms with Crippen LogP contribution in [0, 0.1) is 0 Å². The normalized spacial score (nSPS) is 10.1. The molecule has 0 bridgehead atoms. The molecule has 0 fully saturated rings. The van der Waals surface area contributed by atoms with Gasteiger partial charge >= 0.3 is 0 Å². The zero-order valence-corrected chi connectivity index (χ0v) is 10.6. The van der Waals surface area contributed by atoms with Gasteiger partial charge in [0.1, 0.15) is 11.5 Å². The van der Waals surface area contributed by atoms with E-state index in [9.17, 15) is 0 Å². The Morgan fingerprint density at radius 1 is 0.750 bits per heavy atom. The molecular formula is C12H16Cl2O2. The highest BCUT2D eigenvalue weighted by molar-refractivity contribution is 6.18. The van der Waals surface area contributed by atoms with Crippen molar-refractivity contribution in [3.05, 3.63) is 24.3 Å². The van der Waals surface area contributed by atoms with Gasteiger partial charge in [-0.15, -0.1) is 23.2 Å². The third-order valence-corrected chi connectivity index (χ3v) is 2.45. The molecule has 90 valence electrons. The molecule has 0 spiro atoms. The predicted molar refractivity (Wildman–Crippen MR) is 68.1 cm³/mol.